The number of nitrogens with zero attached hydrogens (tertiary/aromatic N) is 2. The fourth-order valence-electron chi connectivity index (χ4n) is 4.38. The van der Waals surface area contributed by atoms with E-state index in [0.29, 0.717) is 6.54 Å². The van der Waals surface area contributed by atoms with Crippen molar-refractivity contribution in [1.82, 2.24) is 4.90 Å². The van der Waals surface area contributed by atoms with Gasteiger partial charge in [0, 0.05) is 44.0 Å². The van der Waals surface area contributed by atoms with Crippen molar-refractivity contribution < 1.29 is 9.53 Å². The van der Waals surface area contributed by atoms with E-state index in [0.717, 1.165) is 55.1 Å². The van der Waals surface area contributed by atoms with Gasteiger partial charge in [-0.3, -0.25) is 9.79 Å². The van der Waals surface area contributed by atoms with E-state index in [9.17, 15) is 4.79 Å². The zero-order valence-electron chi connectivity index (χ0n) is 17.5. The Labute approximate surface area is 172 Å². The number of rotatable bonds is 3. The maximum atomic E-state index is 12.8. The quantitative estimate of drug-likeness (QED) is 0.858. The Balaban J connectivity index is 1.72. The van der Waals surface area contributed by atoms with Crippen molar-refractivity contribution in [1.29, 1.82) is 0 Å². The van der Waals surface area contributed by atoms with Crippen molar-refractivity contribution in [3.05, 3.63) is 64.7 Å². The minimum Gasteiger partial charge on any atom is -0.381 e. The maximum absolute atomic E-state index is 12.8. The highest BCUT2D eigenvalue weighted by molar-refractivity contribution is 6.05. The number of ether oxygens (including phenoxy) is 1. The summed E-state index contributed by atoms with van der Waals surface area (Å²) < 4.78 is 5.67. The fraction of sp³-hybridized carbons (Fsp3) is 0.417. The van der Waals surface area contributed by atoms with E-state index in [2.05, 4.69) is 42.6 Å². The van der Waals surface area contributed by atoms with Gasteiger partial charge in [0.15, 0.2) is 0 Å². The maximum Gasteiger partial charge on any atom is 0.253 e. The number of amides is 1. The average molecular weight is 392 g/mol. The van der Waals surface area contributed by atoms with E-state index < -0.39 is 0 Å². The summed E-state index contributed by atoms with van der Waals surface area (Å²) in [6, 6.07) is 14.4. The Morgan fingerprint density at radius 3 is 2.66 bits per heavy atom. The molecule has 0 radical (unpaired) electrons. The predicted molar refractivity (Wildman–Crippen MR) is 117 cm³/mol. The number of nitrogens with one attached hydrogen (secondary N) is 1. The van der Waals surface area contributed by atoms with E-state index in [1.54, 1.807) is 19.0 Å². The summed E-state index contributed by atoms with van der Waals surface area (Å²) in [4.78, 5) is 19.4. The fourth-order valence-corrected chi connectivity index (χ4v) is 4.38. The Bertz CT molecular complexity index is 943. The number of carbonyl (C=O) groups is 1. The van der Waals surface area contributed by atoms with E-state index in [-0.39, 0.29) is 11.3 Å². The molecule has 1 N–H and O–H groups in total. The summed E-state index contributed by atoms with van der Waals surface area (Å²) in [6.45, 7) is 4.21. The second-order valence-electron chi connectivity index (χ2n) is 8.38. The number of anilines is 1. The van der Waals surface area contributed by atoms with Crippen LogP contribution in [-0.2, 0) is 17.7 Å². The summed E-state index contributed by atoms with van der Waals surface area (Å²) in [5.41, 5.74) is 5.24. The average Bonchev–Trinajstić information content (AvgIpc) is 2.72. The molecule has 4 rings (SSSR count). The SMILES string of the molecule is Cc1cccc(CN=C2Nc3cccc(C(=O)N(C)C)c3CC23CCOCC3)c1. The number of benzene rings is 2. The molecule has 0 bridgehead atoms. The van der Waals surface area contributed by atoms with Crippen LogP contribution >= 0.6 is 0 Å². The highest BCUT2D eigenvalue weighted by atomic mass is 16.5. The van der Waals surface area contributed by atoms with Gasteiger partial charge in [0.05, 0.1) is 6.54 Å². The van der Waals surface area contributed by atoms with Crippen LogP contribution < -0.4 is 5.32 Å². The monoisotopic (exact) mass is 391 g/mol. The standard InChI is InChI=1S/C24H29N3O2/c1-17-6-4-7-18(14-17)16-25-23-24(10-12-29-13-11-24)15-20-19(22(28)27(2)3)8-5-9-21(20)26-23/h4-9,14H,10-13,15-16H2,1-3H3,(H,25,26). The smallest absolute Gasteiger partial charge is 0.253 e. The number of fused-ring (bicyclic) bond motifs is 1. The third-order valence-corrected chi connectivity index (χ3v) is 6.04. The van der Waals surface area contributed by atoms with E-state index in [1.807, 2.05) is 12.1 Å². The topological polar surface area (TPSA) is 53.9 Å². The molecule has 5 nitrogen and oxygen atoms in total. The van der Waals surface area contributed by atoms with Gasteiger partial charge in [-0.15, -0.1) is 0 Å². The molecule has 2 aromatic rings. The molecule has 0 saturated carbocycles. The van der Waals surface area contributed by atoms with Crippen molar-refractivity contribution in [3.63, 3.8) is 0 Å². The van der Waals surface area contributed by atoms with Gasteiger partial charge < -0.3 is 15.0 Å². The summed E-state index contributed by atoms with van der Waals surface area (Å²) in [6.07, 6.45) is 2.65. The largest absolute Gasteiger partial charge is 0.381 e. The van der Waals surface area contributed by atoms with Crippen LogP contribution in [0.3, 0.4) is 0 Å². The molecule has 2 aliphatic heterocycles. The zero-order chi connectivity index (χ0) is 20.4. The van der Waals surface area contributed by atoms with Crippen LogP contribution in [0, 0.1) is 12.3 Å². The van der Waals surface area contributed by atoms with Crippen molar-refractivity contribution in [3.8, 4) is 0 Å². The minimum absolute atomic E-state index is 0.0472. The van der Waals surface area contributed by atoms with Gasteiger partial charge in [-0.1, -0.05) is 35.9 Å². The molecule has 1 amide bonds. The van der Waals surface area contributed by atoms with Crippen LogP contribution in [0.1, 0.15) is 39.9 Å². The van der Waals surface area contributed by atoms with Gasteiger partial charge in [0.1, 0.15) is 5.84 Å². The molecule has 2 aliphatic rings. The minimum atomic E-state index is -0.0994. The molecule has 0 aromatic heterocycles. The lowest BCUT2D eigenvalue weighted by molar-refractivity contribution is 0.0447. The molecule has 5 heteroatoms. The van der Waals surface area contributed by atoms with Crippen molar-refractivity contribution in [2.45, 2.75) is 32.7 Å². The lowest BCUT2D eigenvalue weighted by atomic mass is 9.70. The third kappa shape index (κ3) is 3.92. The Morgan fingerprint density at radius 1 is 1.17 bits per heavy atom. The third-order valence-electron chi connectivity index (χ3n) is 6.04. The first-order chi connectivity index (χ1) is 14.0. The van der Waals surface area contributed by atoms with E-state index >= 15 is 0 Å². The molecule has 0 atom stereocenters. The summed E-state index contributed by atoms with van der Waals surface area (Å²) in [7, 11) is 3.61. The van der Waals surface area contributed by atoms with E-state index in [1.165, 1.54) is 11.1 Å². The van der Waals surface area contributed by atoms with Crippen molar-refractivity contribution >= 4 is 17.4 Å². The molecule has 1 saturated heterocycles. The normalized spacial score (nSPS) is 18.9. The van der Waals surface area contributed by atoms with Gasteiger partial charge >= 0.3 is 0 Å². The number of hydrogen-bond acceptors (Lipinski definition) is 3. The van der Waals surface area contributed by atoms with Gasteiger partial charge in [0.25, 0.3) is 5.91 Å². The lowest BCUT2D eigenvalue weighted by Crippen LogP contribution is -2.46. The molecule has 152 valence electrons. The predicted octanol–water partition coefficient (Wildman–Crippen LogP) is 4.06. The van der Waals surface area contributed by atoms with Crippen LogP contribution in [0.2, 0.25) is 0 Å². The summed E-state index contributed by atoms with van der Waals surface area (Å²) in [5, 5.41) is 3.60. The lowest BCUT2D eigenvalue weighted by Gasteiger charge is -2.43. The van der Waals surface area contributed by atoms with E-state index in [4.69, 9.17) is 9.73 Å². The number of aryl methyl sites for hydroxylation is 1. The molecule has 0 aliphatic carbocycles. The van der Waals surface area contributed by atoms with Gasteiger partial charge in [0.2, 0.25) is 0 Å². The van der Waals surface area contributed by atoms with Crippen LogP contribution in [0.5, 0.6) is 0 Å². The first-order valence-electron chi connectivity index (χ1n) is 10.3. The molecule has 1 fully saturated rings. The van der Waals surface area contributed by atoms with Crippen LogP contribution in [0.25, 0.3) is 0 Å². The molecular weight excluding hydrogens is 362 g/mol. The zero-order valence-corrected chi connectivity index (χ0v) is 17.5. The Kier molecular flexibility index (Phi) is 5.41. The Morgan fingerprint density at radius 2 is 1.93 bits per heavy atom. The second-order valence-corrected chi connectivity index (χ2v) is 8.38. The summed E-state index contributed by atoms with van der Waals surface area (Å²) >= 11 is 0. The molecule has 2 aromatic carbocycles. The first-order valence-corrected chi connectivity index (χ1v) is 10.3. The number of carbonyl (C=O) groups excluding carboxylic acids is 1. The summed E-state index contributed by atoms with van der Waals surface area (Å²) in [5.74, 6) is 1.08. The number of amidine groups is 1. The highest BCUT2D eigenvalue weighted by Gasteiger charge is 2.42. The van der Waals surface area contributed by atoms with Gasteiger partial charge in [-0.2, -0.15) is 0 Å². The van der Waals surface area contributed by atoms with Crippen LogP contribution in [0.4, 0.5) is 5.69 Å². The van der Waals surface area contributed by atoms with Gasteiger partial charge in [-0.05, 0) is 49.4 Å². The molecule has 2 heterocycles. The second kappa shape index (κ2) is 7.99. The van der Waals surface area contributed by atoms with Gasteiger partial charge in [-0.25, -0.2) is 0 Å². The molecule has 1 spiro atoms. The highest BCUT2D eigenvalue weighted by Crippen LogP contribution is 2.43. The number of hydrogen-bond donors (Lipinski definition) is 1. The molecular formula is C24H29N3O2. The Hall–Kier alpha value is -2.66. The number of aliphatic imine (C=N–C) groups is 1. The molecule has 29 heavy (non-hydrogen) atoms. The first kappa shape index (κ1) is 19.6. The van der Waals surface area contributed by atoms with Crippen LogP contribution in [-0.4, -0.2) is 44.0 Å². The molecule has 0 unspecified atom stereocenters. The van der Waals surface area contributed by atoms with Crippen LogP contribution in [0.15, 0.2) is 47.5 Å². The van der Waals surface area contributed by atoms with Crippen molar-refractivity contribution in [2.24, 2.45) is 10.4 Å². The van der Waals surface area contributed by atoms with Crippen molar-refractivity contribution in [2.75, 3.05) is 32.6 Å².